The van der Waals surface area contributed by atoms with Crippen LogP contribution >= 0.6 is 0 Å². The second kappa shape index (κ2) is 25.4. The van der Waals surface area contributed by atoms with Crippen molar-refractivity contribution in [2.24, 2.45) is 0 Å². The van der Waals surface area contributed by atoms with Crippen LogP contribution in [0.15, 0.2) is 376 Å². The van der Waals surface area contributed by atoms with E-state index in [4.69, 9.17) is 0 Å². The van der Waals surface area contributed by atoms with Crippen molar-refractivity contribution >= 4 is 64.6 Å². The molecule has 0 aromatic heterocycles. The SMILES string of the molecule is CC1(C)c2ccccc2-c2ccc(-c3c4ccccc4c(-c4ccc(-c5ccccc5)cc4)c4ccc(-c5ccc6ccccc6c5)cc34)cc21.CC1(C)c2ccccc2-c2ccc(-c3ccccc3-c3c4ccccc4c(-c4ccc5c(c4)C(C)(C)c4ccccc4-5)c4cc(-c5ccc6ccccc6c5)ccc34)cc21. The molecule has 0 saturated heterocycles. The van der Waals surface area contributed by atoms with E-state index < -0.39 is 0 Å². The molecule has 111 heavy (non-hydrogen) atoms. The molecule has 0 bridgehead atoms. The quantitative estimate of drug-likeness (QED) is 0.133. The summed E-state index contributed by atoms with van der Waals surface area (Å²) in [4.78, 5) is 0. The lowest BCUT2D eigenvalue weighted by molar-refractivity contribution is 0.660. The Morgan fingerprint density at radius 2 is 0.414 bits per heavy atom. The topological polar surface area (TPSA) is 0 Å². The predicted octanol–water partition coefficient (Wildman–Crippen LogP) is 30.5. The molecule has 0 N–H and O–H groups in total. The molecule has 19 aromatic carbocycles. The summed E-state index contributed by atoms with van der Waals surface area (Å²) in [5.41, 5.74) is 36.2. The molecule has 19 aromatic rings. The fraction of sp³-hybridized carbons (Fsp3) is 0.0811. The lowest BCUT2D eigenvalue weighted by Crippen LogP contribution is -2.14. The molecule has 0 nitrogen and oxygen atoms in total. The monoisotopic (exact) mass is 1410 g/mol. The summed E-state index contributed by atoms with van der Waals surface area (Å²) < 4.78 is 0. The number of hydrogen-bond acceptors (Lipinski definition) is 0. The smallest absolute Gasteiger partial charge is 0.0159 e. The third-order valence-electron chi connectivity index (χ3n) is 25.3. The second-order valence-corrected chi connectivity index (χ2v) is 32.5. The van der Waals surface area contributed by atoms with Gasteiger partial charge in [-0.2, -0.15) is 0 Å². The van der Waals surface area contributed by atoms with Crippen LogP contribution in [0.2, 0.25) is 0 Å². The minimum atomic E-state index is -0.103. The van der Waals surface area contributed by atoms with Gasteiger partial charge in [0.1, 0.15) is 0 Å². The highest BCUT2D eigenvalue weighted by molar-refractivity contribution is 6.24. The summed E-state index contributed by atoms with van der Waals surface area (Å²) in [7, 11) is 0. The Hall–Kier alpha value is -13.3. The molecule has 0 saturated carbocycles. The van der Waals surface area contributed by atoms with Gasteiger partial charge in [0.15, 0.2) is 0 Å². The van der Waals surface area contributed by atoms with E-state index in [9.17, 15) is 0 Å². The Morgan fingerprint density at radius 1 is 0.135 bits per heavy atom. The van der Waals surface area contributed by atoms with E-state index in [0.717, 1.165) is 0 Å². The third kappa shape index (κ3) is 10.5. The summed E-state index contributed by atoms with van der Waals surface area (Å²) in [5.74, 6) is 0. The first-order chi connectivity index (χ1) is 54.3. The van der Waals surface area contributed by atoms with Gasteiger partial charge in [-0.25, -0.2) is 0 Å². The van der Waals surface area contributed by atoms with Crippen LogP contribution in [0.5, 0.6) is 0 Å². The molecular weight excluding hydrogens is 1330 g/mol. The molecule has 0 amide bonds. The van der Waals surface area contributed by atoms with Crippen LogP contribution in [-0.2, 0) is 16.2 Å². The number of benzene rings is 19. The molecule has 0 fully saturated rings. The minimum absolute atomic E-state index is 0.0791. The maximum absolute atomic E-state index is 2.50. The normalized spacial score (nSPS) is 13.7. The molecule has 22 rings (SSSR count). The lowest BCUT2D eigenvalue weighted by Gasteiger charge is -2.24. The van der Waals surface area contributed by atoms with Crippen LogP contribution < -0.4 is 0 Å². The number of hydrogen-bond donors (Lipinski definition) is 0. The Morgan fingerprint density at radius 3 is 0.874 bits per heavy atom. The summed E-state index contributed by atoms with van der Waals surface area (Å²) in [6.07, 6.45) is 0. The van der Waals surface area contributed by atoms with Gasteiger partial charge in [-0.1, -0.05) is 375 Å². The highest BCUT2D eigenvalue weighted by Crippen LogP contribution is 2.56. The van der Waals surface area contributed by atoms with Crippen LogP contribution in [0.1, 0.15) is 74.9 Å². The van der Waals surface area contributed by atoms with Gasteiger partial charge in [0.25, 0.3) is 0 Å². The van der Waals surface area contributed by atoms with Gasteiger partial charge >= 0.3 is 0 Å². The van der Waals surface area contributed by atoms with Gasteiger partial charge in [-0.05, 0) is 263 Å². The van der Waals surface area contributed by atoms with Crippen LogP contribution in [0.3, 0.4) is 0 Å². The van der Waals surface area contributed by atoms with E-state index in [0.29, 0.717) is 0 Å². The van der Waals surface area contributed by atoms with E-state index in [1.54, 1.807) is 0 Å². The van der Waals surface area contributed by atoms with E-state index in [1.165, 1.54) is 220 Å². The van der Waals surface area contributed by atoms with Crippen molar-refractivity contribution in [3.8, 4) is 122 Å². The number of fused-ring (bicyclic) bond motifs is 15. The van der Waals surface area contributed by atoms with E-state index in [-0.39, 0.29) is 16.2 Å². The lowest BCUT2D eigenvalue weighted by atomic mass is 9.79. The van der Waals surface area contributed by atoms with E-state index in [1.807, 2.05) is 0 Å². The molecule has 0 unspecified atom stereocenters. The second-order valence-electron chi connectivity index (χ2n) is 32.5. The van der Waals surface area contributed by atoms with Gasteiger partial charge in [0, 0.05) is 16.2 Å². The zero-order valence-electron chi connectivity index (χ0n) is 63.3. The predicted molar refractivity (Wildman–Crippen MR) is 474 cm³/mol. The highest BCUT2D eigenvalue weighted by atomic mass is 14.4. The first kappa shape index (κ1) is 66.0. The molecule has 0 atom stereocenters. The van der Waals surface area contributed by atoms with E-state index >= 15 is 0 Å². The van der Waals surface area contributed by atoms with Crippen molar-refractivity contribution in [1.82, 2.24) is 0 Å². The summed E-state index contributed by atoms with van der Waals surface area (Å²) in [5, 5.41) is 15.2. The maximum Gasteiger partial charge on any atom is 0.0159 e. The van der Waals surface area contributed by atoms with Crippen molar-refractivity contribution in [3.63, 3.8) is 0 Å². The summed E-state index contributed by atoms with van der Waals surface area (Å²) in [6, 6.07) is 141. The van der Waals surface area contributed by atoms with Crippen molar-refractivity contribution < 1.29 is 0 Å². The highest BCUT2D eigenvalue weighted by Gasteiger charge is 2.39. The molecule has 3 aliphatic rings. The van der Waals surface area contributed by atoms with Gasteiger partial charge in [0.2, 0.25) is 0 Å². The molecular formula is C111H80. The van der Waals surface area contributed by atoms with Gasteiger partial charge in [-0.3, -0.25) is 0 Å². The Kier molecular flexibility index (Phi) is 15.1. The average molecular weight is 1410 g/mol. The standard InChI is InChI=1S/C60H44.C51H36/c1-59(2)53-23-13-11-18-44(53)46-30-28-41(35-55(46)59)43-17-7-8-20-48(43)58-50-22-10-9-21-49(50)57(42-29-31-47-45-19-12-14-24-54(45)60(3,4)56(47)36-42)52-34-40(27-32-51(52)58)39-26-25-37-15-5-6-16-38(37)33-39;1-51(2)47-19-11-10-16-41(47)42-28-27-40(32-48(42)51)50-44-18-9-8-17-43(44)49(36-23-20-35(21-24-36)33-12-4-3-5-13-33)45-29-26-39(31-46(45)50)38-25-22-34-14-6-7-15-37(34)30-38/h5-36H,1-4H3;3-32H,1-2H3. The Bertz CT molecular complexity index is 7070. The molecule has 0 heterocycles. The maximum atomic E-state index is 2.50. The molecule has 0 spiro atoms. The molecule has 0 aliphatic heterocycles. The van der Waals surface area contributed by atoms with E-state index in [2.05, 4.69) is 418 Å². The van der Waals surface area contributed by atoms with Crippen molar-refractivity contribution in [2.45, 2.75) is 57.8 Å². The Balaban J connectivity index is 0.000000142. The molecule has 0 heteroatoms. The van der Waals surface area contributed by atoms with Crippen LogP contribution in [0, 0.1) is 0 Å². The van der Waals surface area contributed by atoms with Crippen molar-refractivity contribution in [2.75, 3.05) is 0 Å². The van der Waals surface area contributed by atoms with Crippen molar-refractivity contribution in [3.05, 3.63) is 409 Å². The van der Waals surface area contributed by atoms with Crippen molar-refractivity contribution in [1.29, 1.82) is 0 Å². The zero-order chi connectivity index (χ0) is 74.4. The number of rotatable bonds is 8. The third-order valence-corrected chi connectivity index (χ3v) is 25.3. The summed E-state index contributed by atoms with van der Waals surface area (Å²) in [6.45, 7) is 14.3. The van der Waals surface area contributed by atoms with Gasteiger partial charge in [-0.15, -0.1) is 0 Å². The van der Waals surface area contributed by atoms with Crippen LogP contribution in [-0.4, -0.2) is 0 Å². The fourth-order valence-electron chi connectivity index (χ4n) is 19.7. The first-order valence-corrected chi connectivity index (χ1v) is 39.3. The largest absolute Gasteiger partial charge is 0.0622 e. The van der Waals surface area contributed by atoms with Gasteiger partial charge < -0.3 is 0 Å². The molecule has 3 aliphatic carbocycles. The molecule has 524 valence electrons. The molecule has 0 radical (unpaired) electrons. The minimum Gasteiger partial charge on any atom is -0.0622 e. The summed E-state index contributed by atoms with van der Waals surface area (Å²) >= 11 is 0. The van der Waals surface area contributed by atoms with Gasteiger partial charge in [0.05, 0.1) is 0 Å². The zero-order valence-corrected chi connectivity index (χ0v) is 63.3. The first-order valence-electron chi connectivity index (χ1n) is 39.3. The van der Waals surface area contributed by atoms with Crippen LogP contribution in [0.25, 0.3) is 187 Å². The van der Waals surface area contributed by atoms with Crippen LogP contribution in [0.4, 0.5) is 0 Å². The Labute approximate surface area is 649 Å². The average Bonchev–Trinajstić information content (AvgIpc) is 1.66. The fourth-order valence-corrected chi connectivity index (χ4v) is 19.7.